The Hall–Kier alpha value is -0.300. The number of alkyl halides is 1. The van der Waals surface area contributed by atoms with E-state index in [9.17, 15) is 0 Å². The standard InChI is InChI=1S/C19H31Br/c1-3-5-6-7-8-9-10-12-19(20)18-15-13-17(11-4-2)14-16-18/h13-16,19H,3-12H2,1-2H3. The van der Waals surface area contributed by atoms with Crippen LogP contribution in [0.25, 0.3) is 0 Å². The van der Waals surface area contributed by atoms with Crippen molar-refractivity contribution in [2.45, 2.75) is 82.9 Å². The molecule has 20 heavy (non-hydrogen) atoms. The molecule has 0 radical (unpaired) electrons. The van der Waals surface area contributed by atoms with Crippen LogP contribution >= 0.6 is 15.9 Å². The van der Waals surface area contributed by atoms with Gasteiger partial charge in [-0.3, -0.25) is 0 Å². The summed E-state index contributed by atoms with van der Waals surface area (Å²) in [6.45, 7) is 4.52. The van der Waals surface area contributed by atoms with Crippen molar-refractivity contribution in [1.82, 2.24) is 0 Å². The summed E-state index contributed by atoms with van der Waals surface area (Å²) in [4.78, 5) is 0.536. The van der Waals surface area contributed by atoms with E-state index in [0.717, 1.165) is 0 Å². The molecule has 0 nitrogen and oxygen atoms in total. The first-order valence-electron chi connectivity index (χ1n) is 8.50. The van der Waals surface area contributed by atoms with Crippen molar-refractivity contribution < 1.29 is 0 Å². The number of halogens is 1. The van der Waals surface area contributed by atoms with E-state index in [4.69, 9.17) is 0 Å². The topological polar surface area (TPSA) is 0 Å². The van der Waals surface area contributed by atoms with Gasteiger partial charge in [0.2, 0.25) is 0 Å². The normalized spacial score (nSPS) is 12.6. The van der Waals surface area contributed by atoms with Crippen LogP contribution in [0, 0.1) is 0 Å². The van der Waals surface area contributed by atoms with Gasteiger partial charge in [-0.05, 0) is 24.0 Å². The minimum Gasteiger partial charge on any atom is -0.0839 e. The van der Waals surface area contributed by atoms with Gasteiger partial charge in [0.25, 0.3) is 0 Å². The van der Waals surface area contributed by atoms with Crippen LogP contribution in [0.3, 0.4) is 0 Å². The van der Waals surface area contributed by atoms with Gasteiger partial charge in [0.05, 0.1) is 0 Å². The zero-order valence-corrected chi connectivity index (χ0v) is 14.9. The quantitative estimate of drug-likeness (QED) is 0.295. The van der Waals surface area contributed by atoms with Crippen molar-refractivity contribution in [3.63, 3.8) is 0 Å². The third-order valence-electron chi connectivity index (χ3n) is 3.94. The van der Waals surface area contributed by atoms with Crippen molar-refractivity contribution in [3.05, 3.63) is 35.4 Å². The molecule has 0 spiro atoms. The molecule has 1 aromatic carbocycles. The van der Waals surface area contributed by atoms with Crippen LogP contribution < -0.4 is 0 Å². The Balaban J connectivity index is 2.17. The van der Waals surface area contributed by atoms with Gasteiger partial charge in [-0.15, -0.1) is 0 Å². The molecule has 1 unspecified atom stereocenters. The summed E-state index contributed by atoms with van der Waals surface area (Å²) < 4.78 is 0. The van der Waals surface area contributed by atoms with Crippen molar-refractivity contribution in [3.8, 4) is 0 Å². The number of benzene rings is 1. The van der Waals surface area contributed by atoms with Gasteiger partial charge >= 0.3 is 0 Å². The summed E-state index contributed by atoms with van der Waals surface area (Å²) in [5.74, 6) is 0. The lowest BCUT2D eigenvalue weighted by molar-refractivity contribution is 0.574. The van der Waals surface area contributed by atoms with E-state index in [2.05, 4.69) is 54.0 Å². The fourth-order valence-corrected chi connectivity index (χ4v) is 3.26. The number of hydrogen-bond donors (Lipinski definition) is 0. The Morgan fingerprint density at radius 2 is 1.40 bits per heavy atom. The summed E-state index contributed by atoms with van der Waals surface area (Å²) in [5, 5.41) is 0. The van der Waals surface area contributed by atoms with Gasteiger partial charge in [-0.1, -0.05) is 105 Å². The Kier molecular flexibility index (Phi) is 10.1. The minimum absolute atomic E-state index is 0.536. The predicted octanol–water partition coefficient (Wildman–Crippen LogP) is 7.22. The van der Waals surface area contributed by atoms with Crippen LogP contribution in [-0.2, 0) is 6.42 Å². The highest BCUT2D eigenvalue weighted by atomic mass is 79.9. The zero-order valence-electron chi connectivity index (χ0n) is 13.3. The van der Waals surface area contributed by atoms with E-state index in [1.165, 1.54) is 75.3 Å². The van der Waals surface area contributed by atoms with E-state index < -0.39 is 0 Å². The molecule has 0 saturated heterocycles. The smallest absolute Gasteiger partial charge is 0.0395 e. The van der Waals surface area contributed by atoms with Gasteiger partial charge in [0.15, 0.2) is 0 Å². The molecule has 0 aliphatic rings. The third kappa shape index (κ3) is 7.47. The molecule has 0 aliphatic heterocycles. The first kappa shape index (κ1) is 17.8. The second-order valence-electron chi connectivity index (χ2n) is 5.87. The second-order valence-corrected chi connectivity index (χ2v) is 6.97. The highest BCUT2D eigenvalue weighted by molar-refractivity contribution is 9.09. The lowest BCUT2D eigenvalue weighted by atomic mass is 10.0. The third-order valence-corrected chi connectivity index (χ3v) is 4.93. The lowest BCUT2D eigenvalue weighted by Crippen LogP contribution is -1.92. The maximum Gasteiger partial charge on any atom is 0.0395 e. The second kappa shape index (κ2) is 11.4. The molecule has 1 heteroatoms. The maximum absolute atomic E-state index is 3.84. The average molecular weight is 339 g/mol. The first-order chi connectivity index (χ1) is 9.77. The number of rotatable bonds is 11. The van der Waals surface area contributed by atoms with Crippen molar-refractivity contribution >= 4 is 15.9 Å². The Morgan fingerprint density at radius 1 is 0.800 bits per heavy atom. The number of unbranched alkanes of at least 4 members (excludes halogenated alkanes) is 6. The van der Waals surface area contributed by atoms with Crippen LogP contribution in [0.1, 0.15) is 87.6 Å². The molecular weight excluding hydrogens is 308 g/mol. The van der Waals surface area contributed by atoms with Crippen molar-refractivity contribution in [1.29, 1.82) is 0 Å². The van der Waals surface area contributed by atoms with Gasteiger partial charge in [-0.2, -0.15) is 0 Å². The zero-order chi connectivity index (χ0) is 14.6. The van der Waals surface area contributed by atoms with E-state index in [1.54, 1.807) is 0 Å². The van der Waals surface area contributed by atoms with Crippen LogP contribution in [0.2, 0.25) is 0 Å². The van der Waals surface area contributed by atoms with Crippen molar-refractivity contribution in [2.24, 2.45) is 0 Å². The minimum atomic E-state index is 0.536. The average Bonchev–Trinajstić information content (AvgIpc) is 2.47. The first-order valence-corrected chi connectivity index (χ1v) is 9.42. The van der Waals surface area contributed by atoms with Crippen molar-refractivity contribution in [2.75, 3.05) is 0 Å². The molecule has 1 atom stereocenters. The Morgan fingerprint density at radius 3 is 2.00 bits per heavy atom. The molecular formula is C19H31Br. The van der Waals surface area contributed by atoms with Crippen LogP contribution in [0.4, 0.5) is 0 Å². The highest BCUT2D eigenvalue weighted by Crippen LogP contribution is 2.29. The molecule has 0 fully saturated rings. The van der Waals surface area contributed by atoms with Crippen LogP contribution in [-0.4, -0.2) is 0 Å². The predicted molar refractivity (Wildman–Crippen MR) is 94.7 cm³/mol. The fourth-order valence-electron chi connectivity index (χ4n) is 2.63. The summed E-state index contributed by atoms with van der Waals surface area (Å²) in [7, 11) is 0. The Bertz CT molecular complexity index is 328. The molecule has 0 bridgehead atoms. The molecule has 0 aromatic heterocycles. The van der Waals surface area contributed by atoms with Gasteiger partial charge < -0.3 is 0 Å². The van der Waals surface area contributed by atoms with E-state index >= 15 is 0 Å². The lowest BCUT2D eigenvalue weighted by Gasteiger charge is -2.11. The molecule has 0 aliphatic carbocycles. The van der Waals surface area contributed by atoms with E-state index in [-0.39, 0.29) is 0 Å². The SMILES string of the molecule is CCCCCCCCCC(Br)c1ccc(CCC)cc1. The van der Waals surface area contributed by atoms with Gasteiger partial charge in [0.1, 0.15) is 0 Å². The monoisotopic (exact) mass is 338 g/mol. The van der Waals surface area contributed by atoms with Crippen LogP contribution in [0.5, 0.6) is 0 Å². The molecule has 0 saturated carbocycles. The molecule has 0 N–H and O–H groups in total. The molecule has 114 valence electrons. The number of hydrogen-bond acceptors (Lipinski definition) is 0. The van der Waals surface area contributed by atoms with E-state index in [0.29, 0.717) is 4.83 Å². The molecule has 1 rings (SSSR count). The molecule has 0 amide bonds. The number of aryl methyl sites for hydroxylation is 1. The fraction of sp³-hybridized carbons (Fsp3) is 0.684. The summed E-state index contributed by atoms with van der Waals surface area (Å²) in [6.07, 6.45) is 13.4. The largest absolute Gasteiger partial charge is 0.0839 e. The maximum atomic E-state index is 3.84. The summed E-state index contributed by atoms with van der Waals surface area (Å²) in [6, 6.07) is 9.17. The summed E-state index contributed by atoms with van der Waals surface area (Å²) >= 11 is 3.84. The van der Waals surface area contributed by atoms with Gasteiger partial charge in [0, 0.05) is 4.83 Å². The highest BCUT2D eigenvalue weighted by Gasteiger charge is 2.06. The Labute approximate surface area is 134 Å². The molecule has 1 aromatic rings. The van der Waals surface area contributed by atoms with Crippen LogP contribution in [0.15, 0.2) is 24.3 Å². The molecule has 0 heterocycles. The summed E-state index contributed by atoms with van der Waals surface area (Å²) in [5.41, 5.74) is 2.91. The van der Waals surface area contributed by atoms with E-state index in [1.807, 2.05) is 0 Å². The van der Waals surface area contributed by atoms with Gasteiger partial charge in [-0.25, -0.2) is 0 Å².